The summed E-state index contributed by atoms with van der Waals surface area (Å²) in [6, 6.07) is 2.12. The normalized spacial score (nSPS) is 29.5. The smallest absolute Gasteiger partial charge is 0.0829 e. The Kier molecular flexibility index (Phi) is 3.50. The van der Waals surface area contributed by atoms with Crippen molar-refractivity contribution in [3.8, 4) is 0 Å². The van der Waals surface area contributed by atoms with E-state index in [4.69, 9.17) is 0 Å². The molecule has 3 rings (SSSR count). The number of likely N-dealkylation sites (tertiary alicyclic amines) is 1. The second kappa shape index (κ2) is 5.09. The summed E-state index contributed by atoms with van der Waals surface area (Å²) in [7, 11) is 0. The fourth-order valence-corrected chi connectivity index (χ4v) is 4.14. The van der Waals surface area contributed by atoms with Gasteiger partial charge in [0.2, 0.25) is 0 Å². The lowest BCUT2D eigenvalue weighted by molar-refractivity contribution is 0.0831. The van der Waals surface area contributed by atoms with E-state index in [0.29, 0.717) is 5.92 Å². The first-order chi connectivity index (χ1) is 8.34. The summed E-state index contributed by atoms with van der Waals surface area (Å²) in [5, 5.41) is 12.5. The fraction of sp³-hybridized carbons (Fsp3) is 0.714. The quantitative estimate of drug-likeness (QED) is 0.893. The zero-order valence-corrected chi connectivity index (χ0v) is 11.1. The molecule has 3 heteroatoms. The lowest BCUT2D eigenvalue weighted by atomic mass is 9.83. The van der Waals surface area contributed by atoms with E-state index in [1.54, 1.807) is 11.3 Å². The van der Waals surface area contributed by atoms with Crippen molar-refractivity contribution in [3.63, 3.8) is 0 Å². The average molecular weight is 251 g/mol. The lowest BCUT2D eigenvalue weighted by Crippen LogP contribution is -2.26. The van der Waals surface area contributed by atoms with Crippen LogP contribution in [-0.2, 0) is 6.42 Å². The Balaban J connectivity index is 1.58. The number of aryl methyl sites for hydroxylation is 1. The van der Waals surface area contributed by atoms with Crippen molar-refractivity contribution in [3.05, 3.63) is 21.9 Å². The van der Waals surface area contributed by atoms with Gasteiger partial charge in [-0.3, -0.25) is 0 Å². The Labute approximate surface area is 107 Å². The minimum absolute atomic E-state index is 0.201. The summed E-state index contributed by atoms with van der Waals surface area (Å²) in [4.78, 5) is 3.96. The third-order valence-electron chi connectivity index (χ3n) is 4.30. The molecular formula is C14H21NOS. The summed E-state index contributed by atoms with van der Waals surface area (Å²) < 4.78 is 0. The molecule has 0 aromatic carbocycles. The topological polar surface area (TPSA) is 23.5 Å². The molecule has 1 aliphatic heterocycles. The first-order valence-corrected chi connectivity index (χ1v) is 7.69. The van der Waals surface area contributed by atoms with Gasteiger partial charge < -0.3 is 10.0 Å². The monoisotopic (exact) mass is 251 g/mol. The van der Waals surface area contributed by atoms with Gasteiger partial charge in [-0.05, 0) is 74.7 Å². The van der Waals surface area contributed by atoms with E-state index < -0.39 is 0 Å². The summed E-state index contributed by atoms with van der Waals surface area (Å²) in [6.45, 7) is 3.72. The highest BCUT2D eigenvalue weighted by atomic mass is 32.1. The summed E-state index contributed by atoms with van der Waals surface area (Å²) in [5.74, 6) is 0.484. The van der Waals surface area contributed by atoms with Gasteiger partial charge in [0.25, 0.3) is 0 Å². The largest absolute Gasteiger partial charge is 0.388 e. The highest BCUT2D eigenvalue weighted by molar-refractivity contribution is 7.10. The fourth-order valence-electron chi connectivity index (χ4n) is 3.20. The molecule has 1 aromatic rings. The number of rotatable bonds is 3. The molecule has 2 atom stereocenters. The number of fused-ring (bicyclic) bond motifs is 1. The second-order valence-electron chi connectivity index (χ2n) is 5.38. The molecule has 2 unspecified atom stereocenters. The van der Waals surface area contributed by atoms with Crippen molar-refractivity contribution in [1.29, 1.82) is 0 Å². The number of aliphatic hydroxyl groups excluding tert-OH is 1. The number of hydrogen-bond donors (Lipinski definition) is 1. The van der Waals surface area contributed by atoms with E-state index in [1.165, 1.54) is 55.8 Å². The van der Waals surface area contributed by atoms with Crippen LogP contribution in [0.4, 0.5) is 0 Å². The SMILES string of the molecule is OC1c2ccsc2CCC1CCN1CCCC1. The van der Waals surface area contributed by atoms with Crippen molar-refractivity contribution in [2.24, 2.45) is 5.92 Å². The third kappa shape index (κ3) is 2.42. The summed E-state index contributed by atoms with van der Waals surface area (Å²) in [6.07, 6.45) is 6.03. The van der Waals surface area contributed by atoms with Gasteiger partial charge in [0, 0.05) is 4.88 Å². The zero-order valence-electron chi connectivity index (χ0n) is 10.3. The molecule has 0 spiro atoms. The predicted molar refractivity (Wildman–Crippen MR) is 71.4 cm³/mol. The van der Waals surface area contributed by atoms with Crippen molar-refractivity contribution >= 4 is 11.3 Å². The lowest BCUT2D eigenvalue weighted by Gasteiger charge is -2.29. The van der Waals surface area contributed by atoms with Gasteiger partial charge in [0.05, 0.1) is 6.10 Å². The third-order valence-corrected chi connectivity index (χ3v) is 5.30. The molecule has 2 nitrogen and oxygen atoms in total. The van der Waals surface area contributed by atoms with E-state index in [1.807, 2.05) is 0 Å². The first kappa shape index (κ1) is 11.7. The van der Waals surface area contributed by atoms with Crippen molar-refractivity contribution in [2.45, 2.75) is 38.2 Å². The molecule has 0 saturated carbocycles. The van der Waals surface area contributed by atoms with Crippen LogP contribution in [0.5, 0.6) is 0 Å². The average Bonchev–Trinajstić information content (AvgIpc) is 2.99. The van der Waals surface area contributed by atoms with Crippen LogP contribution in [0, 0.1) is 5.92 Å². The van der Waals surface area contributed by atoms with Crippen LogP contribution in [0.25, 0.3) is 0 Å². The van der Waals surface area contributed by atoms with Gasteiger partial charge in [-0.15, -0.1) is 11.3 Å². The maximum atomic E-state index is 10.4. The van der Waals surface area contributed by atoms with Crippen LogP contribution >= 0.6 is 11.3 Å². The Hall–Kier alpha value is -0.380. The molecule has 1 fully saturated rings. The van der Waals surface area contributed by atoms with Crippen LogP contribution in [-0.4, -0.2) is 29.6 Å². The van der Waals surface area contributed by atoms with Gasteiger partial charge >= 0.3 is 0 Å². The predicted octanol–water partition coefficient (Wildman–Crippen LogP) is 2.83. The molecular weight excluding hydrogens is 230 g/mol. The van der Waals surface area contributed by atoms with Gasteiger partial charge in [0.1, 0.15) is 0 Å². The maximum Gasteiger partial charge on any atom is 0.0829 e. The van der Waals surface area contributed by atoms with Crippen LogP contribution in [0.1, 0.15) is 42.2 Å². The van der Waals surface area contributed by atoms with E-state index in [0.717, 1.165) is 6.42 Å². The van der Waals surface area contributed by atoms with Gasteiger partial charge in [-0.1, -0.05) is 0 Å². The molecule has 0 bridgehead atoms. The van der Waals surface area contributed by atoms with E-state index in [-0.39, 0.29) is 6.10 Å². The minimum Gasteiger partial charge on any atom is -0.388 e. The number of thiophene rings is 1. The van der Waals surface area contributed by atoms with Crippen LogP contribution < -0.4 is 0 Å². The summed E-state index contributed by atoms with van der Waals surface area (Å²) in [5.41, 5.74) is 1.22. The molecule has 0 amide bonds. The molecule has 94 valence electrons. The molecule has 1 N–H and O–H groups in total. The highest BCUT2D eigenvalue weighted by Gasteiger charge is 2.28. The van der Waals surface area contributed by atoms with Crippen molar-refractivity contribution in [2.75, 3.05) is 19.6 Å². The molecule has 17 heavy (non-hydrogen) atoms. The second-order valence-corrected chi connectivity index (χ2v) is 6.38. The van der Waals surface area contributed by atoms with Crippen molar-refractivity contribution in [1.82, 2.24) is 4.90 Å². The molecule has 2 aliphatic rings. The zero-order chi connectivity index (χ0) is 11.7. The standard InChI is InChI=1S/C14H21NOS/c16-14-11(5-9-15-7-1-2-8-15)3-4-13-12(14)6-10-17-13/h6,10-11,14,16H,1-5,7-9H2. The highest BCUT2D eigenvalue weighted by Crippen LogP contribution is 2.38. The van der Waals surface area contributed by atoms with Gasteiger partial charge in [-0.2, -0.15) is 0 Å². The van der Waals surface area contributed by atoms with Crippen LogP contribution in [0.3, 0.4) is 0 Å². The van der Waals surface area contributed by atoms with Gasteiger partial charge in [-0.25, -0.2) is 0 Å². The van der Waals surface area contributed by atoms with E-state index in [2.05, 4.69) is 16.3 Å². The number of nitrogens with zero attached hydrogens (tertiary/aromatic N) is 1. The molecule has 1 aromatic heterocycles. The first-order valence-electron chi connectivity index (χ1n) is 6.81. The Morgan fingerprint density at radius 3 is 3.00 bits per heavy atom. The van der Waals surface area contributed by atoms with Crippen molar-refractivity contribution < 1.29 is 5.11 Å². The summed E-state index contributed by atoms with van der Waals surface area (Å²) >= 11 is 1.80. The van der Waals surface area contributed by atoms with E-state index >= 15 is 0 Å². The molecule has 2 heterocycles. The minimum atomic E-state index is -0.201. The van der Waals surface area contributed by atoms with E-state index in [9.17, 15) is 5.11 Å². The van der Waals surface area contributed by atoms with Gasteiger partial charge in [0.15, 0.2) is 0 Å². The van der Waals surface area contributed by atoms with Crippen LogP contribution in [0.15, 0.2) is 11.4 Å². The number of aliphatic hydroxyl groups is 1. The maximum absolute atomic E-state index is 10.4. The molecule has 0 radical (unpaired) electrons. The Morgan fingerprint density at radius 1 is 1.35 bits per heavy atom. The molecule has 1 saturated heterocycles. The van der Waals surface area contributed by atoms with Crippen LogP contribution in [0.2, 0.25) is 0 Å². The Bertz CT molecular complexity index is 370. The number of hydrogen-bond acceptors (Lipinski definition) is 3. The molecule has 1 aliphatic carbocycles. The Morgan fingerprint density at radius 2 is 2.18 bits per heavy atom.